The monoisotopic (exact) mass is 302 g/mol. The van der Waals surface area contributed by atoms with E-state index in [-0.39, 0.29) is 0 Å². The predicted molar refractivity (Wildman–Crippen MR) is 70.9 cm³/mol. The molecule has 0 fully saturated rings. The van der Waals surface area contributed by atoms with Gasteiger partial charge in [-0.25, -0.2) is 9.97 Å². The lowest BCUT2D eigenvalue weighted by atomic mass is 10.3. The van der Waals surface area contributed by atoms with Crippen LogP contribution in [0.5, 0.6) is 0 Å². The maximum atomic E-state index is 4.54. The number of hydrogen-bond donors (Lipinski definition) is 0. The fourth-order valence-electron chi connectivity index (χ4n) is 1.29. The van der Waals surface area contributed by atoms with E-state index in [1.807, 2.05) is 0 Å². The normalized spacial score (nSPS) is 11.1. The van der Waals surface area contributed by atoms with E-state index in [0.717, 1.165) is 37.0 Å². The smallest absolute Gasteiger partial charge is 0.171 e. The van der Waals surface area contributed by atoms with Crippen molar-refractivity contribution in [2.45, 2.75) is 24.6 Å². The summed E-state index contributed by atoms with van der Waals surface area (Å²) in [5.74, 6) is 1.06. The molecule has 0 radical (unpaired) electrons. The summed E-state index contributed by atoms with van der Waals surface area (Å²) in [7, 11) is 0. The highest BCUT2D eigenvalue weighted by Gasteiger charge is 2.08. The molecule has 0 aliphatic carbocycles. The molecule has 2 aromatic heterocycles. The van der Waals surface area contributed by atoms with Crippen molar-refractivity contribution in [3.05, 3.63) is 16.2 Å². The number of thioether (sulfide) groups is 1. The molecule has 0 atom stereocenters. The van der Waals surface area contributed by atoms with E-state index in [0.29, 0.717) is 0 Å². The van der Waals surface area contributed by atoms with E-state index in [1.165, 1.54) is 0 Å². The number of fused-ring (bicyclic) bond motifs is 1. The molecule has 80 valence electrons. The summed E-state index contributed by atoms with van der Waals surface area (Å²) in [6.45, 7) is 4.24. The van der Waals surface area contributed by atoms with Gasteiger partial charge in [-0.2, -0.15) is 0 Å². The summed E-state index contributed by atoms with van der Waals surface area (Å²) >= 11 is 7.02. The summed E-state index contributed by atoms with van der Waals surface area (Å²) in [5.41, 5.74) is 1.97. The SMILES string of the molecule is CCSc1nc2nc(CC)c(Br)cc2s1. The molecule has 0 bridgehead atoms. The van der Waals surface area contributed by atoms with Gasteiger partial charge in [0.25, 0.3) is 0 Å². The zero-order valence-corrected chi connectivity index (χ0v) is 11.8. The molecule has 0 N–H and O–H groups in total. The molecule has 0 unspecified atom stereocenters. The van der Waals surface area contributed by atoms with Crippen LogP contribution in [0, 0.1) is 0 Å². The van der Waals surface area contributed by atoms with Crippen molar-refractivity contribution in [1.82, 2.24) is 9.97 Å². The van der Waals surface area contributed by atoms with E-state index >= 15 is 0 Å². The molecule has 0 spiro atoms. The van der Waals surface area contributed by atoms with Gasteiger partial charge in [0.2, 0.25) is 0 Å². The van der Waals surface area contributed by atoms with Gasteiger partial charge in [-0.1, -0.05) is 25.6 Å². The predicted octanol–water partition coefficient (Wildman–Crippen LogP) is 4.13. The Kier molecular flexibility index (Phi) is 3.64. The first-order valence-electron chi connectivity index (χ1n) is 4.83. The molecule has 0 saturated carbocycles. The van der Waals surface area contributed by atoms with Gasteiger partial charge in [-0.15, -0.1) is 11.3 Å². The fourth-order valence-corrected chi connectivity index (χ4v) is 3.98. The van der Waals surface area contributed by atoms with Gasteiger partial charge in [0.05, 0.1) is 10.4 Å². The highest BCUT2D eigenvalue weighted by molar-refractivity contribution is 9.10. The van der Waals surface area contributed by atoms with Crippen molar-refractivity contribution < 1.29 is 0 Å². The van der Waals surface area contributed by atoms with E-state index in [2.05, 4.69) is 45.8 Å². The van der Waals surface area contributed by atoms with Gasteiger partial charge < -0.3 is 0 Å². The van der Waals surface area contributed by atoms with Crippen molar-refractivity contribution in [2.75, 3.05) is 5.75 Å². The molecule has 2 heterocycles. The van der Waals surface area contributed by atoms with Gasteiger partial charge in [0.1, 0.15) is 0 Å². The van der Waals surface area contributed by atoms with Crippen molar-refractivity contribution in [1.29, 1.82) is 0 Å². The quantitative estimate of drug-likeness (QED) is 0.797. The van der Waals surface area contributed by atoms with E-state index in [4.69, 9.17) is 0 Å². The van der Waals surface area contributed by atoms with Crippen LogP contribution >= 0.6 is 39.0 Å². The van der Waals surface area contributed by atoms with Crippen LogP contribution in [-0.2, 0) is 6.42 Å². The zero-order chi connectivity index (χ0) is 10.8. The molecule has 2 rings (SSSR count). The highest BCUT2D eigenvalue weighted by Crippen LogP contribution is 2.31. The molecule has 0 amide bonds. The second kappa shape index (κ2) is 4.80. The largest absolute Gasteiger partial charge is 0.231 e. The Bertz CT molecular complexity index is 481. The minimum Gasteiger partial charge on any atom is -0.231 e. The standard InChI is InChI=1S/C10H11BrN2S2/c1-3-7-6(11)5-8-9(12-7)13-10(15-8)14-4-2/h5H,3-4H2,1-2H3. The van der Waals surface area contributed by atoms with E-state index in [9.17, 15) is 0 Å². The number of halogens is 1. The third-order valence-corrected chi connectivity index (χ3v) is 4.70. The van der Waals surface area contributed by atoms with Gasteiger partial charge in [-0.3, -0.25) is 0 Å². The van der Waals surface area contributed by atoms with Crippen molar-refractivity contribution in [2.24, 2.45) is 0 Å². The number of pyridine rings is 1. The second-order valence-corrected chi connectivity index (χ2v) is 6.40. The Morgan fingerprint density at radius 1 is 1.40 bits per heavy atom. The van der Waals surface area contributed by atoms with Crippen molar-refractivity contribution >= 4 is 49.4 Å². The molecule has 0 aromatic carbocycles. The number of rotatable bonds is 3. The molecule has 0 saturated heterocycles. The van der Waals surface area contributed by atoms with Crippen LogP contribution in [0.25, 0.3) is 10.3 Å². The molecule has 2 nitrogen and oxygen atoms in total. The minimum atomic E-state index is 0.885. The lowest BCUT2D eigenvalue weighted by Gasteiger charge is -1.98. The summed E-state index contributed by atoms with van der Waals surface area (Å²) in [4.78, 5) is 9.04. The molecule has 2 aromatic rings. The highest BCUT2D eigenvalue weighted by atomic mass is 79.9. The first kappa shape index (κ1) is 11.4. The van der Waals surface area contributed by atoms with Crippen molar-refractivity contribution in [3.8, 4) is 0 Å². The Labute approximate surface area is 106 Å². The molecule has 5 heteroatoms. The molecule has 0 aliphatic rings. The van der Waals surface area contributed by atoms with Crippen LogP contribution in [0.2, 0.25) is 0 Å². The van der Waals surface area contributed by atoms with Crippen LogP contribution in [-0.4, -0.2) is 15.7 Å². The number of nitrogens with zero attached hydrogens (tertiary/aromatic N) is 2. The first-order valence-corrected chi connectivity index (χ1v) is 7.42. The van der Waals surface area contributed by atoms with E-state index in [1.54, 1.807) is 23.1 Å². The number of aryl methyl sites for hydroxylation is 1. The summed E-state index contributed by atoms with van der Waals surface area (Å²) in [6.07, 6.45) is 0.935. The lowest BCUT2D eigenvalue weighted by Crippen LogP contribution is -1.88. The first-order chi connectivity index (χ1) is 7.24. The average molecular weight is 303 g/mol. The van der Waals surface area contributed by atoms with Crippen LogP contribution in [0.1, 0.15) is 19.5 Å². The zero-order valence-electron chi connectivity index (χ0n) is 8.58. The summed E-state index contributed by atoms with van der Waals surface area (Å²) < 4.78 is 3.37. The Morgan fingerprint density at radius 3 is 2.87 bits per heavy atom. The van der Waals surface area contributed by atoms with Crippen LogP contribution in [0.3, 0.4) is 0 Å². The average Bonchev–Trinajstić information content (AvgIpc) is 2.58. The van der Waals surface area contributed by atoms with Crippen LogP contribution in [0.15, 0.2) is 14.9 Å². The van der Waals surface area contributed by atoms with Crippen LogP contribution in [0.4, 0.5) is 0 Å². The third-order valence-electron chi connectivity index (χ3n) is 1.99. The maximum absolute atomic E-state index is 4.54. The van der Waals surface area contributed by atoms with Crippen molar-refractivity contribution in [3.63, 3.8) is 0 Å². The number of aromatic nitrogens is 2. The molecular weight excluding hydrogens is 292 g/mol. The Hall–Kier alpha value is -0.130. The van der Waals surface area contributed by atoms with Gasteiger partial charge >= 0.3 is 0 Å². The molecule has 0 aliphatic heterocycles. The summed E-state index contributed by atoms with van der Waals surface area (Å²) in [6, 6.07) is 2.12. The second-order valence-electron chi connectivity index (χ2n) is 3.00. The molecular formula is C10H11BrN2S2. The number of thiazole rings is 1. The van der Waals surface area contributed by atoms with Gasteiger partial charge in [0, 0.05) is 4.47 Å². The fraction of sp³-hybridized carbons (Fsp3) is 0.400. The number of hydrogen-bond acceptors (Lipinski definition) is 4. The van der Waals surface area contributed by atoms with Crippen LogP contribution < -0.4 is 0 Å². The van der Waals surface area contributed by atoms with E-state index < -0.39 is 0 Å². The van der Waals surface area contributed by atoms with Gasteiger partial charge in [0.15, 0.2) is 9.99 Å². The maximum Gasteiger partial charge on any atom is 0.171 e. The minimum absolute atomic E-state index is 0.885. The van der Waals surface area contributed by atoms with Gasteiger partial charge in [-0.05, 0) is 34.2 Å². The lowest BCUT2D eigenvalue weighted by molar-refractivity contribution is 1.03. The third kappa shape index (κ3) is 2.34. The Balaban J connectivity index is 2.51. The molecule has 15 heavy (non-hydrogen) atoms. The Morgan fingerprint density at radius 2 is 2.20 bits per heavy atom. The topological polar surface area (TPSA) is 25.8 Å². The summed E-state index contributed by atoms with van der Waals surface area (Å²) in [5, 5.41) is 0.